The molecule has 1 aromatic rings. The lowest BCUT2D eigenvalue weighted by Crippen LogP contribution is -2.37. The molecule has 1 aromatic carbocycles. The van der Waals surface area contributed by atoms with Gasteiger partial charge in [-0.1, -0.05) is 6.07 Å². The standard InChI is InChI=1S/C16H18N4O4/c1-20-12-8-10(2-4-13(12)24-9-15(20)22)6-7-17-16(23)11-3-5-14(21)19-18-11/h2,4,8H,3,5-7,9H2,1H3,(H,17,23)(H,19,21). The van der Waals surface area contributed by atoms with Gasteiger partial charge in [0.15, 0.2) is 6.61 Å². The van der Waals surface area contributed by atoms with Crippen LogP contribution in [-0.4, -0.2) is 43.6 Å². The van der Waals surface area contributed by atoms with E-state index in [1.807, 2.05) is 18.2 Å². The van der Waals surface area contributed by atoms with Crippen LogP contribution >= 0.6 is 0 Å². The second-order valence-corrected chi connectivity index (χ2v) is 5.64. The molecular formula is C16H18N4O4. The van der Waals surface area contributed by atoms with Crippen LogP contribution < -0.4 is 20.4 Å². The molecular weight excluding hydrogens is 312 g/mol. The molecule has 8 nitrogen and oxygen atoms in total. The van der Waals surface area contributed by atoms with Gasteiger partial charge in [0.2, 0.25) is 5.91 Å². The van der Waals surface area contributed by atoms with Gasteiger partial charge in [-0.25, -0.2) is 5.43 Å². The molecule has 3 amide bonds. The van der Waals surface area contributed by atoms with Gasteiger partial charge in [-0.2, -0.15) is 5.10 Å². The highest BCUT2D eigenvalue weighted by atomic mass is 16.5. The number of carbonyl (C=O) groups excluding carboxylic acids is 3. The van der Waals surface area contributed by atoms with Crippen LogP contribution in [0.1, 0.15) is 18.4 Å². The SMILES string of the molecule is CN1C(=O)COc2ccc(CCNC(=O)C3=NNC(=O)CC3)cc21. The lowest BCUT2D eigenvalue weighted by Gasteiger charge is -2.26. The largest absolute Gasteiger partial charge is 0.482 e. The molecule has 0 atom stereocenters. The zero-order valence-corrected chi connectivity index (χ0v) is 13.3. The molecule has 0 radical (unpaired) electrons. The van der Waals surface area contributed by atoms with Crippen LogP contribution in [0, 0.1) is 0 Å². The van der Waals surface area contributed by atoms with Crippen LogP contribution in [0.3, 0.4) is 0 Å². The van der Waals surface area contributed by atoms with Crippen LogP contribution in [-0.2, 0) is 20.8 Å². The van der Waals surface area contributed by atoms with E-state index in [1.54, 1.807) is 11.9 Å². The lowest BCUT2D eigenvalue weighted by molar-refractivity contribution is -0.122. The van der Waals surface area contributed by atoms with Crippen molar-refractivity contribution in [3.63, 3.8) is 0 Å². The minimum absolute atomic E-state index is 0.0531. The minimum Gasteiger partial charge on any atom is -0.482 e. The van der Waals surface area contributed by atoms with Crippen LogP contribution in [0.5, 0.6) is 5.75 Å². The third-order valence-electron chi connectivity index (χ3n) is 3.98. The minimum atomic E-state index is -0.274. The number of likely N-dealkylation sites (N-methyl/N-ethyl adjacent to an activating group) is 1. The van der Waals surface area contributed by atoms with Crippen molar-refractivity contribution in [2.24, 2.45) is 5.10 Å². The van der Waals surface area contributed by atoms with E-state index in [0.717, 1.165) is 11.3 Å². The summed E-state index contributed by atoms with van der Waals surface area (Å²) in [4.78, 5) is 36.2. The quantitative estimate of drug-likeness (QED) is 0.809. The van der Waals surface area contributed by atoms with E-state index in [2.05, 4.69) is 15.8 Å². The van der Waals surface area contributed by atoms with Gasteiger partial charge in [-0.15, -0.1) is 0 Å². The van der Waals surface area contributed by atoms with Gasteiger partial charge in [0.05, 0.1) is 5.69 Å². The van der Waals surface area contributed by atoms with Crippen molar-refractivity contribution in [1.82, 2.24) is 10.7 Å². The number of nitrogens with one attached hydrogen (secondary N) is 2. The summed E-state index contributed by atoms with van der Waals surface area (Å²) in [5.74, 6) is 0.132. The summed E-state index contributed by atoms with van der Waals surface area (Å²) in [6.07, 6.45) is 1.24. The predicted molar refractivity (Wildman–Crippen MR) is 86.9 cm³/mol. The third-order valence-corrected chi connectivity index (χ3v) is 3.98. The number of hydrogen-bond donors (Lipinski definition) is 2. The number of carbonyl (C=O) groups is 3. The smallest absolute Gasteiger partial charge is 0.267 e. The summed E-state index contributed by atoms with van der Waals surface area (Å²) in [6.45, 7) is 0.487. The van der Waals surface area contributed by atoms with Crippen molar-refractivity contribution in [2.75, 3.05) is 25.1 Å². The second kappa shape index (κ2) is 6.69. The number of ether oxygens (including phenoxy) is 1. The number of hydrazone groups is 1. The van der Waals surface area contributed by atoms with E-state index in [4.69, 9.17) is 4.74 Å². The van der Waals surface area contributed by atoms with Crippen molar-refractivity contribution in [3.8, 4) is 5.75 Å². The van der Waals surface area contributed by atoms with E-state index < -0.39 is 0 Å². The van der Waals surface area contributed by atoms with Crippen molar-refractivity contribution < 1.29 is 19.1 Å². The fraction of sp³-hybridized carbons (Fsp3) is 0.375. The fourth-order valence-corrected chi connectivity index (χ4v) is 2.53. The maximum atomic E-state index is 12.0. The van der Waals surface area contributed by atoms with E-state index in [0.29, 0.717) is 30.8 Å². The lowest BCUT2D eigenvalue weighted by atomic mass is 10.1. The molecule has 8 heteroatoms. The molecule has 2 heterocycles. The highest BCUT2D eigenvalue weighted by Crippen LogP contribution is 2.31. The van der Waals surface area contributed by atoms with Gasteiger partial charge in [0.25, 0.3) is 11.8 Å². The van der Waals surface area contributed by atoms with Gasteiger partial charge in [-0.3, -0.25) is 14.4 Å². The summed E-state index contributed by atoms with van der Waals surface area (Å²) >= 11 is 0. The zero-order valence-electron chi connectivity index (χ0n) is 13.3. The number of amides is 3. The Kier molecular flexibility index (Phi) is 4.45. The molecule has 0 spiro atoms. The zero-order chi connectivity index (χ0) is 17.1. The van der Waals surface area contributed by atoms with E-state index >= 15 is 0 Å². The van der Waals surface area contributed by atoms with E-state index in [1.165, 1.54) is 0 Å². The predicted octanol–water partition coefficient (Wildman–Crippen LogP) is -0.0335. The number of fused-ring (bicyclic) bond motifs is 1. The fourth-order valence-electron chi connectivity index (χ4n) is 2.53. The van der Waals surface area contributed by atoms with Crippen LogP contribution in [0.2, 0.25) is 0 Å². The Morgan fingerprint density at radius 2 is 2.21 bits per heavy atom. The first-order valence-corrected chi connectivity index (χ1v) is 7.70. The van der Waals surface area contributed by atoms with Crippen LogP contribution in [0.25, 0.3) is 0 Å². The second-order valence-electron chi connectivity index (χ2n) is 5.64. The Morgan fingerprint density at radius 1 is 1.38 bits per heavy atom. The summed E-state index contributed by atoms with van der Waals surface area (Å²) in [5.41, 5.74) is 4.35. The first-order chi connectivity index (χ1) is 11.5. The van der Waals surface area contributed by atoms with Gasteiger partial charge in [0.1, 0.15) is 11.5 Å². The number of anilines is 1. The Balaban J connectivity index is 1.57. The van der Waals surface area contributed by atoms with Crippen LogP contribution in [0.15, 0.2) is 23.3 Å². The number of rotatable bonds is 4. The van der Waals surface area contributed by atoms with Crippen molar-refractivity contribution in [2.45, 2.75) is 19.3 Å². The van der Waals surface area contributed by atoms with Crippen LogP contribution in [0.4, 0.5) is 5.69 Å². The van der Waals surface area contributed by atoms with Gasteiger partial charge in [0, 0.05) is 26.4 Å². The molecule has 0 aromatic heterocycles. The molecule has 0 aliphatic carbocycles. The van der Waals surface area contributed by atoms with Crippen molar-refractivity contribution in [3.05, 3.63) is 23.8 Å². The van der Waals surface area contributed by atoms with E-state index in [9.17, 15) is 14.4 Å². The Bertz CT molecular complexity index is 729. The van der Waals surface area contributed by atoms with Gasteiger partial charge < -0.3 is 15.0 Å². The number of hydrogen-bond acceptors (Lipinski definition) is 5. The third kappa shape index (κ3) is 3.37. The highest BCUT2D eigenvalue weighted by molar-refractivity contribution is 6.39. The topological polar surface area (TPSA) is 100 Å². The number of nitrogens with zero attached hydrogens (tertiary/aromatic N) is 2. The first-order valence-electron chi connectivity index (χ1n) is 7.70. The molecule has 0 saturated heterocycles. The highest BCUT2D eigenvalue weighted by Gasteiger charge is 2.22. The summed E-state index contributed by atoms with van der Waals surface area (Å²) in [7, 11) is 1.71. The molecule has 126 valence electrons. The summed E-state index contributed by atoms with van der Waals surface area (Å²) in [5, 5.41) is 6.54. The first kappa shape index (κ1) is 16.0. The normalized spacial score (nSPS) is 16.7. The average Bonchev–Trinajstić information content (AvgIpc) is 2.59. The maximum Gasteiger partial charge on any atom is 0.267 e. The Morgan fingerprint density at radius 3 is 2.96 bits per heavy atom. The molecule has 2 aliphatic rings. The van der Waals surface area contributed by atoms with Gasteiger partial charge >= 0.3 is 0 Å². The molecule has 0 bridgehead atoms. The Hall–Kier alpha value is -2.90. The Labute approximate surface area is 138 Å². The molecule has 0 fully saturated rings. The maximum absolute atomic E-state index is 12.0. The van der Waals surface area contributed by atoms with Crippen molar-refractivity contribution in [1.29, 1.82) is 0 Å². The molecule has 0 unspecified atom stereocenters. The summed E-state index contributed by atoms with van der Waals surface area (Å²) < 4.78 is 5.38. The summed E-state index contributed by atoms with van der Waals surface area (Å²) in [6, 6.07) is 5.63. The van der Waals surface area contributed by atoms with Gasteiger partial charge in [-0.05, 0) is 24.1 Å². The molecule has 3 rings (SSSR count). The monoisotopic (exact) mass is 330 g/mol. The molecule has 0 saturated carbocycles. The number of benzene rings is 1. The van der Waals surface area contributed by atoms with E-state index in [-0.39, 0.29) is 30.7 Å². The molecule has 2 aliphatic heterocycles. The van der Waals surface area contributed by atoms with Crippen molar-refractivity contribution >= 4 is 29.1 Å². The molecule has 2 N–H and O–H groups in total. The molecule has 24 heavy (non-hydrogen) atoms. The average molecular weight is 330 g/mol.